The number of para-hydroxylation sites is 2. The fraction of sp³-hybridized carbons (Fsp3) is 0.188. The van der Waals surface area contributed by atoms with Crippen molar-refractivity contribution in [2.75, 3.05) is 11.5 Å². The van der Waals surface area contributed by atoms with E-state index in [1.165, 1.54) is 32.9 Å². The molecule has 6 aromatic rings. The molecular weight excluding hydrogens is 567 g/mol. The van der Waals surface area contributed by atoms with Crippen molar-refractivity contribution in [1.29, 1.82) is 0 Å². The average Bonchev–Trinajstić information content (AvgIpc) is 2.95. The maximum Gasteiger partial charge on any atom is 0.213 e. The van der Waals surface area contributed by atoms with Gasteiger partial charge in [-0.05, 0) is 51.0 Å². The van der Waals surface area contributed by atoms with Crippen LogP contribution in [0.25, 0.3) is 21.8 Å². The number of nitrogens with zero attached hydrogens (tertiary/aromatic N) is 6. The summed E-state index contributed by atoms with van der Waals surface area (Å²) < 4.78 is 4.35. The van der Waals surface area contributed by atoms with E-state index < -0.39 is 0 Å². The van der Waals surface area contributed by atoms with Gasteiger partial charge in [0.15, 0.2) is 25.5 Å². The van der Waals surface area contributed by atoms with Crippen molar-refractivity contribution in [3.63, 3.8) is 0 Å². The van der Waals surface area contributed by atoms with Gasteiger partial charge >= 0.3 is 0 Å². The van der Waals surface area contributed by atoms with Crippen LogP contribution in [-0.4, -0.2) is 19.9 Å². The minimum atomic E-state index is 0. The number of benzene rings is 2. The van der Waals surface area contributed by atoms with Crippen molar-refractivity contribution in [3.8, 4) is 0 Å². The van der Waals surface area contributed by atoms with Crippen molar-refractivity contribution in [2.45, 2.75) is 40.8 Å². The Labute approximate surface area is 258 Å². The smallest absolute Gasteiger partial charge is 0.213 e. The number of halogens is 2. The topological polar surface area (TPSA) is 111 Å². The van der Waals surface area contributed by atoms with Crippen molar-refractivity contribution < 1.29 is 21.5 Å². The molecule has 4 N–H and O–H groups in total. The lowest BCUT2D eigenvalue weighted by Gasteiger charge is -2.05. The summed E-state index contributed by atoms with van der Waals surface area (Å²) in [5, 5.41) is 2.50. The molecule has 2 aromatic carbocycles. The van der Waals surface area contributed by atoms with Gasteiger partial charge in [-0.15, -0.1) is 12.4 Å². The van der Waals surface area contributed by atoms with Crippen LogP contribution in [0.15, 0.2) is 85.5 Å². The normalized spacial score (nSPS) is 10.4. The van der Waals surface area contributed by atoms with E-state index in [0.717, 1.165) is 11.1 Å². The molecule has 0 fully saturated rings. The van der Waals surface area contributed by atoms with E-state index in [4.69, 9.17) is 11.5 Å². The third kappa shape index (κ3) is 7.08. The molecule has 0 saturated heterocycles. The maximum atomic E-state index is 5.98. The van der Waals surface area contributed by atoms with Gasteiger partial charge in [0.2, 0.25) is 11.0 Å². The highest BCUT2D eigenvalue weighted by molar-refractivity contribution is 5.85. The zero-order valence-corrected chi connectivity index (χ0v) is 25.7. The zero-order chi connectivity index (χ0) is 28.2. The molecule has 4 aromatic heterocycles. The minimum absolute atomic E-state index is 0. The molecular formula is C32H35Cl2N8+. The number of nitrogens with two attached hydrogens (primary N) is 2. The Kier molecular flexibility index (Phi) is 10.7. The van der Waals surface area contributed by atoms with Crippen LogP contribution >= 0.6 is 12.4 Å². The molecule has 0 amide bonds. The first kappa shape index (κ1) is 32.1. The van der Waals surface area contributed by atoms with E-state index in [1.807, 2.05) is 26.0 Å². The van der Waals surface area contributed by atoms with E-state index >= 15 is 0 Å². The van der Waals surface area contributed by atoms with Crippen LogP contribution in [0.5, 0.6) is 0 Å². The van der Waals surface area contributed by atoms with Crippen LogP contribution in [-0.2, 0) is 13.1 Å². The molecule has 0 atom stereocenters. The van der Waals surface area contributed by atoms with E-state index in [-0.39, 0.29) is 24.8 Å². The van der Waals surface area contributed by atoms with Gasteiger partial charge in [-0.3, -0.25) is 0 Å². The van der Waals surface area contributed by atoms with Gasteiger partial charge in [0, 0.05) is 47.4 Å². The van der Waals surface area contributed by atoms with Crippen LogP contribution in [0.1, 0.15) is 33.9 Å². The molecule has 0 spiro atoms. The lowest BCUT2D eigenvalue weighted by molar-refractivity contribution is -0.662. The molecule has 42 heavy (non-hydrogen) atoms. The van der Waals surface area contributed by atoms with Crippen LogP contribution < -0.4 is 33.0 Å². The van der Waals surface area contributed by atoms with E-state index in [9.17, 15) is 0 Å². The Morgan fingerprint density at radius 2 is 0.976 bits per heavy atom. The number of nitrogen functional groups attached to an aromatic ring is 2. The standard InChI is InChI=1S/2C16H17N4.2ClH/c2*1-11-7-8-20(15-6-4-3-5-14(11)15)10-13-9-18-12(2)19-16(13)17;;/h2*3-9H,10H2,1-2H3,(H2,17,18,19);2*1H/q2*+1;;/p-1. The number of aromatic nitrogens is 6. The fourth-order valence-corrected chi connectivity index (χ4v) is 4.77. The third-order valence-corrected chi connectivity index (χ3v) is 7.00. The Balaban J connectivity index is 0.000000220. The Morgan fingerprint density at radius 1 is 0.595 bits per heavy atom. The highest BCUT2D eigenvalue weighted by Crippen LogP contribution is 2.16. The quantitative estimate of drug-likeness (QED) is 0.298. The van der Waals surface area contributed by atoms with E-state index in [1.54, 1.807) is 12.4 Å². The monoisotopic (exact) mass is 601 g/mol. The first-order chi connectivity index (χ1) is 19.3. The minimum Gasteiger partial charge on any atom is -1.00 e. The molecule has 0 aliphatic heterocycles. The lowest BCUT2D eigenvalue weighted by Crippen LogP contribution is -3.00. The molecule has 4 heterocycles. The third-order valence-electron chi connectivity index (χ3n) is 7.00. The Morgan fingerprint density at radius 3 is 1.36 bits per heavy atom. The van der Waals surface area contributed by atoms with Crippen LogP contribution in [0, 0.1) is 27.7 Å². The van der Waals surface area contributed by atoms with Crippen molar-refractivity contribution in [1.82, 2.24) is 19.9 Å². The summed E-state index contributed by atoms with van der Waals surface area (Å²) in [6, 6.07) is 21.0. The number of fused-ring (bicyclic) bond motifs is 2. The van der Waals surface area contributed by atoms with Gasteiger partial charge in [0.1, 0.15) is 23.3 Å². The van der Waals surface area contributed by atoms with Gasteiger partial charge in [-0.1, -0.05) is 24.3 Å². The van der Waals surface area contributed by atoms with Crippen LogP contribution in [0.3, 0.4) is 0 Å². The number of hydrogen-bond donors (Lipinski definition) is 2. The molecule has 0 aliphatic rings. The highest BCUT2D eigenvalue weighted by Gasteiger charge is 2.15. The summed E-state index contributed by atoms with van der Waals surface area (Å²) in [4.78, 5) is 16.9. The van der Waals surface area contributed by atoms with Crippen molar-refractivity contribution in [2.24, 2.45) is 0 Å². The number of pyridine rings is 2. The predicted octanol–water partition coefficient (Wildman–Crippen LogP) is 1.76. The van der Waals surface area contributed by atoms with Gasteiger partial charge < -0.3 is 23.9 Å². The fourth-order valence-electron chi connectivity index (χ4n) is 4.77. The molecule has 10 heteroatoms. The van der Waals surface area contributed by atoms with E-state index in [0.29, 0.717) is 36.4 Å². The molecule has 8 nitrogen and oxygen atoms in total. The highest BCUT2D eigenvalue weighted by atomic mass is 35.5. The second-order valence-corrected chi connectivity index (χ2v) is 9.94. The largest absolute Gasteiger partial charge is 1.00 e. The second-order valence-electron chi connectivity index (χ2n) is 9.94. The summed E-state index contributed by atoms with van der Waals surface area (Å²) in [5.74, 6) is 2.50. The molecule has 0 unspecified atom stereocenters. The van der Waals surface area contributed by atoms with Gasteiger partial charge in [0.25, 0.3) is 0 Å². The molecule has 0 aliphatic carbocycles. The zero-order valence-electron chi connectivity index (χ0n) is 24.1. The molecule has 0 radical (unpaired) electrons. The van der Waals surface area contributed by atoms with Crippen LogP contribution in [0.4, 0.5) is 11.6 Å². The summed E-state index contributed by atoms with van der Waals surface area (Å²) in [6.45, 7) is 9.27. The van der Waals surface area contributed by atoms with Crippen molar-refractivity contribution >= 4 is 45.8 Å². The number of anilines is 2. The molecule has 0 bridgehead atoms. The van der Waals surface area contributed by atoms with Crippen molar-refractivity contribution in [3.05, 3.63) is 119 Å². The Hall–Kier alpha value is -4.40. The number of aryl methyl sites for hydroxylation is 4. The summed E-state index contributed by atoms with van der Waals surface area (Å²) in [7, 11) is 0. The molecule has 0 saturated carbocycles. The average molecular weight is 603 g/mol. The first-order valence-electron chi connectivity index (χ1n) is 13.2. The first-order valence-corrected chi connectivity index (χ1v) is 13.2. The maximum absolute atomic E-state index is 5.98. The lowest BCUT2D eigenvalue weighted by atomic mass is 10.1. The summed E-state index contributed by atoms with van der Waals surface area (Å²) >= 11 is 0. The summed E-state index contributed by atoms with van der Waals surface area (Å²) in [6.07, 6.45) is 7.77. The van der Waals surface area contributed by atoms with Gasteiger partial charge in [0.05, 0.1) is 11.1 Å². The number of hydrogen-bond acceptors (Lipinski definition) is 6. The SMILES string of the molecule is Cc1ncc(C[n+]2ccc(C)c3ccccc32)c(N)n1.Cc1ncc(C[n+]2ccc(C)c3ccccc32)c(N)n1.Cl.[Cl-]. The summed E-state index contributed by atoms with van der Waals surface area (Å²) in [5.41, 5.74) is 18.7. The molecule has 216 valence electrons. The Bertz CT molecular complexity index is 1710. The van der Waals surface area contributed by atoms with Gasteiger partial charge in [-0.2, -0.15) is 9.13 Å². The van der Waals surface area contributed by atoms with E-state index in [2.05, 4.69) is 104 Å². The molecule has 6 rings (SSSR count). The number of rotatable bonds is 4. The predicted molar refractivity (Wildman–Crippen MR) is 166 cm³/mol. The van der Waals surface area contributed by atoms with Crippen LogP contribution in [0.2, 0.25) is 0 Å². The van der Waals surface area contributed by atoms with Gasteiger partial charge in [-0.25, -0.2) is 19.9 Å². The second kappa shape index (κ2) is 14.0.